The third-order valence-corrected chi connectivity index (χ3v) is 3.99. The van der Waals surface area contributed by atoms with Gasteiger partial charge in [0.15, 0.2) is 5.58 Å². The second-order valence-corrected chi connectivity index (χ2v) is 5.09. The summed E-state index contributed by atoms with van der Waals surface area (Å²) < 4.78 is 5.85. The fourth-order valence-electron chi connectivity index (χ4n) is 2.34. The summed E-state index contributed by atoms with van der Waals surface area (Å²) in [6, 6.07) is 2.67. The Kier molecular flexibility index (Phi) is 2.92. The van der Waals surface area contributed by atoms with Crippen LogP contribution in [-0.2, 0) is 0 Å². The molecule has 0 bridgehead atoms. The molecule has 1 aliphatic heterocycles. The lowest BCUT2D eigenvalue weighted by atomic mass is 10.1. The number of anilines is 1. The first kappa shape index (κ1) is 11.8. The molecule has 4 nitrogen and oxygen atoms in total. The van der Waals surface area contributed by atoms with Gasteiger partial charge in [-0.15, -0.1) is 0 Å². The number of benzene rings is 1. The minimum Gasteiger partial charge on any atom is -0.423 e. The molecule has 1 N–H and O–H groups in total. The number of rotatable bonds is 1. The van der Waals surface area contributed by atoms with E-state index in [0.29, 0.717) is 6.01 Å². The molecule has 0 radical (unpaired) electrons. The predicted molar refractivity (Wildman–Crippen MR) is 73.6 cm³/mol. The van der Waals surface area contributed by atoms with Crippen LogP contribution in [0.15, 0.2) is 10.5 Å². The molecule has 1 fully saturated rings. The van der Waals surface area contributed by atoms with Crippen molar-refractivity contribution in [3.63, 3.8) is 0 Å². The van der Waals surface area contributed by atoms with Crippen LogP contribution in [0.5, 0.6) is 0 Å². The van der Waals surface area contributed by atoms with Gasteiger partial charge >= 0.3 is 0 Å². The molecular formula is C13H16ClN3O. The number of fused-ring (bicyclic) bond motifs is 1. The third-order valence-electron chi connectivity index (χ3n) is 3.41. The maximum absolute atomic E-state index is 6.25. The van der Waals surface area contributed by atoms with Crippen molar-refractivity contribution in [1.82, 2.24) is 10.3 Å². The lowest BCUT2D eigenvalue weighted by Gasteiger charge is -2.25. The van der Waals surface area contributed by atoms with Crippen molar-refractivity contribution in [3.05, 3.63) is 22.2 Å². The van der Waals surface area contributed by atoms with Gasteiger partial charge in [0, 0.05) is 31.2 Å². The summed E-state index contributed by atoms with van der Waals surface area (Å²) in [5, 5.41) is 4.10. The van der Waals surface area contributed by atoms with Crippen molar-refractivity contribution in [3.8, 4) is 0 Å². The van der Waals surface area contributed by atoms with E-state index in [1.165, 1.54) is 0 Å². The van der Waals surface area contributed by atoms with Crippen LogP contribution in [0.25, 0.3) is 11.1 Å². The number of oxazole rings is 1. The lowest BCUT2D eigenvalue weighted by molar-refractivity contribution is 0.517. The molecule has 0 aliphatic carbocycles. The van der Waals surface area contributed by atoms with E-state index in [1.54, 1.807) is 0 Å². The molecule has 0 saturated carbocycles. The van der Waals surface area contributed by atoms with E-state index in [2.05, 4.69) is 15.2 Å². The van der Waals surface area contributed by atoms with E-state index in [9.17, 15) is 0 Å². The number of hydrogen-bond acceptors (Lipinski definition) is 4. The smallest absolute Gasteiger partial charge is 0.298 e. The Morgan fingerprint density at radius 2 is 2.06 bits per heavy atom. The molecular weight excluding hydrogens is 250 g/mol. The number of nitrogens with zero attached hydrogens (tertiary/aromatic N) is 2. The summed E-state index contributed by atoms with van der Waals surface area (Å²) in [5.41, 5.74) is 3.73. The Labute approximate surface area is 111 Å². The van der Waals surface area contributed by atoms with Crippen molar-refractivity contribution >= 4 is 28.7 Å². The SMILES string of the molecule is Cc1cc2oc(N3CCNCC3)nc2c(C)c1Cl. The highest BCUT2D eigenvalue weighted by Gasteiger charge is 2.18. The average Bonchev–Trinajstić information content (AvgIpc) is 2.81. The van der Waals surface area contributed by atoms with Gasteiger partial charge in [-0.3, -0.25) is 0 Å². The summed E-state index contributed by atoms with van der Waals surface area (Å²) in [6.07, 6.45) is 0. The number of halogens is 1. The lowest BCUT2D eigenvalue weighted by Crippen LogP contribution is -2.43. The van der Waals surface area contributed by atoms with Crippen molar-refractivity contribution in [2.24, 2.45) is 0 Å². The Balaban J connectivity index is 2.07. The van der Waals surface area contributed by atoms with E-state index < -0.39 is 0 Å². The van der Waals surface area contributed by atoms with E-state index in [-0.39, 0.29) is 0 Å². The molecule has 0 unspecified atom stereocenters. The minimum absolute atomic E-state index is 0.705. The van der Waals surface area contributed by atoms with Crippen LogP contribution < -0.4 is 10.2 Å². The topological polar surface area (TPSA) is 41.3 Å². The molecule has 0 atom stereocenters. The minimum atomic E-state index is 0.705. The van der Waals surface area contributed by atoms with Gasteiger partial charge in [0.25, 0.3) is 6.01 Å². The summed E-state index contributed by atoms with van der Waals surface area (Å²) in [6.45, 7) is 7.77. The second-order valence-electron chi connectivity index (χ2n) is 4.71. The summed E-state index contributed by atoms with van der Waals surface area (Å²) in [5.74, 6) is 0. The molecule has 5 heteroatoms. The predicted octanol–water partition coefficient (Wildman–Crippen LogP) is 2.51. The molecule has 0 amide bonds. The Morgan fingerprint density at radius 1 is 1.33 bits per heavy atom. The van der Waals surface area contributed by atoms with E-state index in [0.717, 1.165) is 53.4 Å². The van der Waals surface area contributed by atoms with E-state index >= 15 is 0 Å². The molecule has 96 valence electrons. The Bertz CT molecular complexity index is 587. The number of aryl methyl sites for hydroxylation is 2. The highest BCUT2D eigenvalue weighted by molar-refractivity contribution is 6.33. The van der Waals surface area contributed by atoms with Crippen molar-refractivity contribution in [2.45, 2.75) is 13.8 Å². The van der Waals surface area contributed by atoms with E-state index in [1.807, 2.05) is 19.9 Å². The standard InChI is InChI=1S/C13H16ClN3O/c1-8-7-10-12(9(2)11(8)14)16-13(18-10)17-5-3-15-4-6-17/h7,15H,3-6H2,1-2H3. The van der Waals surface area contributed by atoms with Crippen LogP contribution in [0.3, 0.4) is 0 Å². The molecule has 2 aromatic rings. The van der Waals surface area contributed by atoms with Gasteiger partial charge in [-0.1, -0.05) is 11.6 Å². The molecule has 1 saturated heterocycles. The van der Waals surface area contributed by atoms with Crippen molar-refractivity contribution in [2.75, 3.05) is 31.1 Å². The Hall–Kier alpha value is -1.26. The molecule has 2 heterocycles. The van der Waals surface area contributed by atoms with Gasteiger partial charge in [-0.25, -0.2) is 0 Å². The monoisotopic (exact) mass is 265 g/mol. The third kappa shape index (κ3) is 1.85. The molecule has 18 heavy (non-hydrogen) atoms. The zero-order chi connectivity index (χ0) is 12.7. The quantitative estimate of drug-likeness (QED) is 0.860. The number of aromatic nitrogens is 1. The van der Waals surface area contributed by atoms with Crippen LogP contribution in [0.2, 0.25) is 5.02 Å². The largest absolute Gasteiger partial charge is 0.423 e. The van der Waals surface area contributed by atoms with Gasteiger partial charge in [-0.05, 0) is 31.0 Å². The van der Waals surface area contributed by atoms with Gasteiger partial charge in [0.2, 0.25) is 0 Å². The summed E-state index contributed by atoms with van der Waals surface area (Å²) in [4.78, 5) is 6.75. The first-order valence-electron chi connectivity index (χ1n) is 6.18. The first-order valence-corrected chi connectivity index (χ1v) is 6.56. The summed E-state index contributed by atoms with van der Waals surface area (Å²) >= 11 is 6.25. The first-order chi connectivity index (χ1) is 8.66. The van der Waals surface area contributed by atoms with Gasteiger partial charge in [0.05, 0.1) is 0 Å². The van der Waals surface area contributed by atoms with Gasteiger partial charge in [-0.2, -0.15) is 4.98 Å². The number of nitrogens with one attached hydrogen (secondary N) is 1. The second kappa shape index (κ2) is 4.44. The highest BCUT2D eigenvalue weighted by atomic mass is 35.5. The molecule has 3 rings (SSSR count). The van der Waals surface area contributed by atoms with E-state index in [4.69, 9.17) is 16.0 Å². The van der Waals surface area contributed by atoms with Crippen LogP contribution >= 0.6 is 11.6 Å². The van der Waals surface area contributed by atoms with Crippen LogP contribution in [0.1, 0.15) is 11.1 Å². The average molecular weight is 266 g/mol. The summed E-state index contributed by atoms with van der Waals surface area (Å²) in [7, 11) is 0. The maximum atomic E-state index is 6.25. The number of hydrogen-bond donors (Lipinski definition) is 1. The van der Waals surface area contributed by atoms with Gasteiger partial charge < -0.3 is 14.6 Å². The van der Waals surface area contributed by atoms with Gasteiger partial charge in [0.1, 0.15) is 5.52 Å². The molecule has 1 aliphatic rings. The zero-order valence-corrected chi connectivity index (χ0v) is 11.3. The fourth-order valence-corrected chi connectivity index (χ4v) is 2.48. The van der Waals surface area contributed by atoms with Crippen LogP contribution in [0, 0.1) is 13.8 Å². The maximum Gasteiger partial charge on any atom is 0.298 e. The highest BCUT2D eigenvalue weighted by Crippen LogP contribution is 2.31. The van der Waals surface area contributed by atoms with Crippen molar-refractivity contribution < 1.29 is 4.42 Å². The molecule has 1 aromatic carbocycles. The fraction of sp³-hybridized carbons (Fsp3) is 0.462. The molecule has 0 spiro atoms. The number of piperazine rings is 1. The zero-order valence-electron chi connectivity index (χ0n) is 10.6. The van der Waals surface area contributed by atoms with Crippen LogP contribution in [0.4, 0.5) is 6.01 Å². The molecule has 1 aromatic heterocycles. The van der Waals surface area contributed by atoms with Crippen molar-refractivity contribution in [1.29, 1.82) is 0 Å². The van der Waals surface area contributed by atoms with Crippen LogP contribution in [-0.4, -0.2) is 31.2 Å². The normalized spacial score (nSPS) is 16.5. The Morgan fingerprint density at radius 3 is 2.78 bits per heavy atom.